The zero-order valence-corrected chi connectivity index (χ0v) is 7.85. The molecular formula is C8H9N3O4. The van der Waals surface area contributed by atoms with Crippen LogP contribution in [0, 0.1) is 10.1 Å². The lowest BCUT2D eigenvalue weighted by molar-refractivity contribution is -0.383. The van der Waals surface area contributed by atoms with Gasteiger partial charge in [0.25, 0.3) is 5.69 Å². The van der Waals surface area contributed by atoms with E-state index in [0.29, 0.717) is 0 Å². The number of anilines is 2. The number of nitro benzene ring substituents is 1. The number of benzene rings is 1. The van der Waals surface area contributed by atoms with E-state index < -0.39 is 22.1 Å². The number of rotatable bonds is 2. The zero-order valence-electron chi connectivity index (χ0n) is 7.85. The highest BCUT2D eigenvalue weighted by molar-refractivity contribution is 6.01. The number of nitrogens with two attached hydrogens (primary N) is 2. The third kappa shape index (κ3) is 1.66. The fraction of sp³-hybridized carbons (Fsp3) is 0.125. The van der Waals surface area contributed by atoms with Crippen molar-refractivity contribution >= 4 is 22.8 Å². The van der Waals surface area contributed by atoms with Crippen molar-refractivity contribution in [3.05, 3.63) is 21.7 Å². The maximum atomic E-state index is 11.0. The second-order valence-electron chi connectivity index (χ2n) is 2.93. The Hall–Kier alpha value is -2.31. The molecule has 0 amide bonds. The predicted molar refractivity (Wildman–Crippen MR) is 53.6 cm³/mol. The van der Waals surface area contributed by atoms with Gasteiger partial charge in [0.2, 0.25) is 0 Å². The van der Waals surface area contributed by atoms with Crippen molar-refractivity contribution in [1.29, 1.82) is 0 Å². The number of Topliss-reactive ketones (excluding diaryl/α,β-unsaturated/α-hetero) is 1. The molecule has 80 valence electrons. The standard InChI is InChI=1S/C8H9N3O4/c1-3(12)4-2-5(11(14)15)6(9)7(10)8(4)13/h2,13H,9-10H2,1H3. The van der Waals surface area contributed by atoms with Crippen LogP contribution in [0.4, 0.5) is 17.1 Å². The second kappa shape index (κ2) is 3.45. The van der Waals surface area contributed by atoms with E-state index in [9.17, 15) is 20.0 Å². The van der Waals surface area contributed by atoms with Crippen LogP contribution in [0.1, 0.15) is 17.3 Å². The van der Waals surface area contributed by atoms with Crippen molar-refractivity contribution in [1.82, 2.24) is 0 Å². The summed E-state index contributed by atoms with van der Waals surface area (Å²) in [6, 6.07) is 0.906. The molecule has 0 saturated heterocycles. The van der Waals surface area contributed by atoms with Crippen LogP contribution in [0.2, 0.25) is 0 Å². The molecule has 15 heavy (non-hydrogen) atoms. The molecule has 0 saturated carbocycles. The maximum absolute atomic E-state index is 11.0. The maximum Gasteiger partial charge on any atom is 0.295 e. The summed E-state index contributed by atoms with van der Waals surface area (Å²) in [5.41, 5.74) is 9.24. The van der Waals surface area contributed by atoms with Crippen LogP contribution in [0.3, 0.4) is 0 Å². The van der Waals surface area contributed by atoms with Crippen molar-refractivity contribution in [3.63, 3.8) is 0 Å². The van der Waals surface area contributed by atoms with Crippen molar-refractivity contribution < 1.29 is 14.8 Å². The van der Waals surface area contributed by atoms with Crippen molar-refractivity contribution in [2.45, 2.75) is 6.92 Å². The van der Waals surface area contributed by atoms with Gasteiger partial charge in [0.05, 0.1) is 10.5 Å². The first-order valence-corrected chi connectivity index (χ1v) is 3.92. The van der Waals surface area contributed by atoms with Gasteiger partial charge in [-0.25, -0.2) is 0 Å². The van der Waals surface area contributed by atoms with Gasteiger partial charge < -0.3 is 16.6 Å². The molecule has 0 spiro atoms. The fourth-order valence-electron chi connectivity index (χ4n) is 1.11. The van der Waals surface area contributed by atoms with Crippen LogP contribution in [0.25, 0.3) is 0 Å². The number of hydrogen-bond acceptors (Lipinski definition) is 6. The summed E-state index contributed by atoms with van der Waals surface area (Å²) in [7, 11) is 0. The third-order valence-corrected chi connectivity index (χ3v) is 1.93. The average molecular weight is 211 g/mol. The summed E-state index contributed by atoms with van der Waals surface area (Å²) in [4.78, 5) is 20.8. The number of hydrogen-bond donors (Lipinski definition) is 3. The number of phenolic OH excluding ortho intramolecular Hbond substituents is 1. The molecule has 1 rings (SSSR count). The lowest BCUT2D eigenvalue weighted by atomic mass is 10.1. The van der Waals surface area contributed by atoms with E-state index in [4.69, 9.17) is 11.5 Å². The highest BCUT2D eigenvalue weighted by Gasteiger charge is 2.22. The van der Waals surface area contributed by atoms with Gasteiger partial charge in [-0.15, -0.1) is 0 Å². The van der Waals surface area contributed by atoms with Gasteiger partial charge in [-0.1, -0.05) is 0 Å². The Morgan fingerprint density at radius 3 is 2.40 bits per heavy atom. The molecule has 0 aromatic heterocycles. The summed E-state index contributed by atoms with van der Waals surface area (Å²) >= 11 is 0. The van der Waals surface area contributed by atoms with Crippen molar-refractivity contribution in [3.8, 4) is 5.75 Å². The van der Waals surface area contributed by atoms with E-state index in [-0.39, 0.29) is 16.9 Å². The number of nitrogen functional groups attached to an aromatic ring is 2. The minimum atomic E-state index is -0.766. The molecule has 0 fully saturated rings. The van der Waals surface area contributed by atoms with E-state index in [1.54, 1.807) is 0 Å². The van der Waals surface area contributed by atoms with E-state index in [1.165, 1.54) is 0 Å². The molecule has 0 aliphatic heterocycles. The van der Waals surface area contributed by atoms with Crippen LogP contribution in [-0.2, 0) is 0 Å². The Morgan fingerprint density at radius 1 is 1.47 bits per heavy atom. The van der Waals surface area contributed by atoms with Crippen molar-refractivity contribution in [2.24, 2.45) is 0 Å². The summed E-state index contributed by atoms with van der Waals surface area (Å²) in [6.45, 7) is 1.16. The molecule has 0 bridgehead atoms. The van der Waals surface area contributed by atoms with E-state index >= 15 is 0 Å². The van der Waals surface area contributed by atoms with Gasteiger partial charge in [-0.3, -0.25) is 14.9 Å². The SMILES string of the molecule is CC(=O)c1cc([N+](=O)[O-])c(N)c(N)c1O. The molecule has 7 heteroatoms. The largest absolute Gasteiger partial charge is 0.505 e. The molecular weight excluding hydrogens is 202 g/mol. The van der Waals surface area contributed by atoms with Gasteiger partial charge in [-0.2, -0.15) is 0 Å². The van der Waals surface area contributed by atoms with Gasteiger partial charge in [0.15, 0.2) is 11.5 Å². The molecule has 0 atom stereocenters. The predicted octanol–water partition coefficient (Wildman–Crippen LogP) is 0.667. The van der Waals surface area contributed by atoms with E-state index in [2.05, 4.69) is 0 Å². The van der Waals surface area contributed by atoms with Crippen molar-refractivity contribution in [2.75, 3.05) is 11.5 Å². The Kier molecular flexibility index (Phi) is 2.47. The minimum Gasteiger partial charge on any atom is -0.505 e. The number of carbonyl (C=O) groups excluding carboxylic acids is 1. The Bertz CT molecular complexity index is 417. The second-order valence-corrected chi connectivity index (χ2v) is 2.93. The minimum absolute atomic E-state index is 0.214. The smallest absolute Gasteiger partial charge is 0.295 e. The third-order valence-electron chi connectivity index (χ3n) is 1.93. The first-order valence-electron chi connectivity index (χ1n) is 3.92. The summed E-state index contributed by atoms with van der Waals surface area (Å²) in [5.74, 6) is -1.05. The van der Waals surface area contributed by atoms with Gasteiger partial charge in [0.1, 0.15) is 11.4 Å². The summed E-state index contributed by atoms with van der Waals surface area (Å²) < 4.78 is 0. The van der Waals surface area contributed by atoms with Crippen LogP contribution in [0.15, 0.2) is 6.07 Å². The molecule has 1 aromatic carbocycles. The van der Waals surface area contributed by atoms with Gasteiger partial charge in [0, 0.05) is 6.07 Å². The fourth-order valence-corrected chi connectivity index (χ4v) is 1.11. The molecule has 0 unspecified atom stereocenters. The first kappa shape index (κ1) is 10.8. The first-order chi connectivity index (χ1) is 6.86. The number of carbonyl (C=O) groups is 1. The number of phenols is 1. The van der Waals surface area contributed by atoms with Gasteiger partial charge in [-0.05, 0) is 6.92 Å². The molecule has 0 radical (unpaired) electrons. The Morgan fingerprint density at radius 2 is 2.00 bits per heavy atom. The zero-order chi connectivity index (χ0) is 11.7. The summed E-state index contributed by atoms with van der Waals surface area (Å²) in [6.07, 6.45) is 0. The van der Waals surface area contributed by atoms with Crippen LogP contribution >= 0.6 is 0 Å². The van der Waals surface area contributed by atoms with E-state index in [1.807, 2.05) is 0 Å². The average Bonchev–Trinajstić information content (AvgIpc) is 2.13. The molecule has 0 aliphatic rings. The van der Waals surface area contributed by atoms with Crippen LogP contribution in [0.5, 0.6) is 5.75 Å². The van der Waals surface area contributed by atoms with Crippen LogP contribution in [-0.4, -0.2) is 15.8 Å². The highest BCUT2D eigenvalue weighted by atomic mass is 16.6. The molecule has 0 heterocycles. The molecule has 0 aliphatic carbocycles. The number of nitrogens with zero attached hydrogens (tertiary/aromatic N) is 1. The normalized spacial score (nSPS) is 9.93. The molecule has 1 aromatic rings. The number of ketones is 1. The van der Waals surface area contributed by atoms with Crippen LogP contribution < -0.4 is 11.5 Å². The lowest BCUT2D eigenvalue weighted by Gasteiger charge is -2.07. The van der Waals surface area contributed by atoms with E-state index in [0.717, 1.165) is 13.0 Å². The molecule has 7 nitrogen and oxygen atoms in total. The number of nitro groups is 1. The Labute approximate surface area is 84.4 Å². The highest BCUT2D eigenvalue weighted by Crippen LogP contribution is 2.37. The lowest BCUT2D eigenvalue weighted by Crippen LogP contribution is -2.04. The topological polar surface area (TPSA) is 132 Å². The number of aromatic hydroxyl groups is 1. The molecule has 5 N–H and O–H groups in total. The quantitative estimate of drug-likeness (QED) is 0.216. The Balaban J connectivity index is 3.59. The summed E-state index contributed by atoms with van der Waals surface area (Å²) in [5, 5.41) is 19.9. The monoisotopic (exact) mass is 211 g/mol. The van der Waals surface area contributed by atoms with Gasteiger partial charge >= 0.3 is 0 Å².